The van der Waals surface area contributed by atoms with Crippen molar-refractivity contribution in [2.45, 2.75) is 6.42 Å². The first-order chi connectivity index (χ1) is 16.2. The first-order valence-corrected chi connectivity index (χ1v) is 11.9. The molecule has 5 rings (SSSR count). The standard InChI is InChI=1S/C26H21ClN2O3S/c27-20-8-10-21(11-9-20)31-14-4-13-29-23-15-19(7-12-24(23)32-16-25(29)30)22-17-33-26(28-22)18-5-2-1-3-6-18/h1-3,5-12,15,17H,4,13-14,16H2. The van der Waals surface area contributed by atoms with Crippen molar-refractivity contribution in [1.82, 2.24) is 4.98 Å². The third kappa shape index (κ3) is 4.87. The second kappa shape index (κ2) is 9.65. The summed E-state index contributed by atoms with van der Waals surface area (Å²) in [6.07, 6.45) is 0.687. The van der Waals surface area contributed by atoms with E-state index < -0.39 is 0 Å². The van der Waals surface area contributed by atoms with Gasteiger partial charge in [0, 0.05) is 28.1 Å². The molecular weight excluding hydrogens is 456 g/mol. The molecule has 2 heterocycles. The molecule has 0 N–H and O–H groups in total. The predicted octanol–water partition coefficient (Wildman–Crippen LogP) is 6.33. The van der Waals surface area contributed by atoms with E-state index in [1.807, 2.05) is 53.9 Å². The van der Waals surface area contributed by atoms with Crippen molar-refractivity contribution in [1.29, 1.82) is 0 Å². The maximum atomic E-state index is 12.6. The summed E-state index contributed by atoms with van der Waals surface area (Å²) < 4.78 is 11.4. The van der Waals surface area contributed by atoms with Crippen LogP contribution in [-0.4, -0.2) is 30.6 Å². The van der Waals surface area contributed by atoms with Crippen LogP contribution in [0.5, 0.6) is 11.5 Å². The molecule has 166 valence electrons. The van der Waals surface area contributed by atoms with Crippen LogP contribution in [-0.2, 0) is 4.79 Å². The lowest BCUT2D eigenvalue weighted by molar-refractivity contribution is -0.121. The van der Waals surface area contributed by atoms with E-state index >= 15 is 0 Å². The van der Waals surface area contributed by atoms with Crippen molar-refractivity contribution >= 4 is 34.5 Å². The van der Waals surface area contributed by atoms with Crippen molar-refractivity contribution < 1.29 is 14.3 Å². The number of anilines is 1. The molecule has 7 heteroatoms. The largest absolute Gasteiger partial charge is 0.494 e. The van der Waals surface area contributed by atoms with E-state index in [-0.39, 0.29) is 12.5 Å². The summed E-state index contributed by atoms with van der Waals surface area (Å²) in [6, 6.07) is 23.2. The van der Waals surface area contributed by atoms with Gasteiger partial charge in [0.1, 0.15) is 16.5 Å². The Morgan fingerprint density at radius 2 is 1.85 bits per heavy atom. The van der Waals surface area contributed by atoms with Crippen molar-refractivity contribution in [2.75, 3.05) is 24.7 Å². The maximum Gasteiger partial charge on any atom is 0.265 e. The van der Waals surface area contributed by atoms with E-state index in [0.717, 1.165) is 33.3 Å². The van der Waals surface area contributed by atoms with Gasteiger partial charge in [-0.2, -0.15) is 0 Å². The van der Waals surface area contributed by atoms with Crippen LogP contribution in [0.4, 0.5) is 5.69 Å². The van der Waals surface area contributed by atoms with Crippen LogP contribution in [0.25, 0.3) is 21.8 Å². The van der Waals surface area contributed by atoms with Gasteiger partial charge in [-0.1, -0.05) is 41.9 Å². The quantitative estimate of drug-likeness (QED) is 0.293. The molecule has 1 amide bonds. The molecule has 0 spiro atoms. The van der Waals surface area contributed by atoms with Crippen molar-refractivity contribution in [2.24, 2.45) is 0 Å². The number of amides is 1. The monoisotopic (exact) mass is 476 g/mol. The number of carbonyl (C=O) groups excluding carboxylic acids is 1. The second-order valence-electron chi connectivity index (χ2n) is 7.58. The zero-order valence-electron chi connectivity index (χ0n) is 17.7. The Balaban J connectivity index is 1.31. The number of fused-ring (bicyclic) bond motifs is 1. The van der Waals surface area contributed by atoms with E-state index in [1.54, 1.807) is 28.4 Å². The molecule has 33 heavy (non-hydrogen) atoms. The average molecular weight is 477 g/mol. The Hall–Kier alpha value is -3.35. The summed E-state index contributed by atoms with van der Waals surface area (Å²) in [4.78, 5) is 19.2. The Labute approximate surface area is 201 Å². The van der Waals surface area contributed by atoms with Crippen LogP contribution in [0.1, 0.15) is 6.42 Å². The lowest BCUT2D eigenvalue weighted by atomic mass is 10.1. The molecule has 0 fully saturated rings. The highest BCUT2D eigenvalue weighted by atomic mass is 35.5. The van der Waals surface area contributed by atoms with Crippen LogP contribution < -0.4 is 14.4 Å². The molecule has 0 atom stereocenters. The van der Waals surface area contributed by atoms with Gasteiger partial charge in [-0.3, -0.25) is 4.79 Å². The Morgan fingerprint density at radius 1 is 1.03 bits per heavy atom. The minimum absolute atomic E-state index is 0.0409. The minimum atomic E-state index is -0.0607. The highest BCUT2D eigenvalue weighted by Crippen LogP contribution is 2.37. The molecule has 0 radical (unpaired) electrons. The molecule has 1 aliphatic heterocycles. The van der Waals surface area contributed by atoms with Gasteiger partial charge in [-0.25, -0.2) is 4.98 Å². The van der Waals surface area contributed by atoms with Gasteiger partial charge >= 0.3 is 0 Å². The van der Waals surface area contributed by atoms with Crippen LogP contribution in [0.2, 0.25) is 5.02 Å². The van der Waals surface area contributed by atoms with Gasteiger partial charge in [0.15, 0.2) is 6.61 Å². The lowest BCUT2D eigenvalue weighted by Gasteiger charge is -2.29. The third-order valence-electron chi connectivity index (χ3n) is 5.33. The number of nitrogens with zero attached hydrogens (tertiary/aromatic N) is 2. The number of hydrogen-bond acceptors (Lipinski definition) is 5. The second-order valence-corrected chi connectivity index (χ2v) is 8.87. The zero-order chi connectivity index (χ0) is 22.6. The van der Waals surface area contributed by atoms with E-state index in [4.69, 9.17) is 26.1 Å². The van der Waals surface area contributed by atoms with E-state index in [1.165, 1.54) is 0 Å². The maximum absolute atomic E-state index is 12.6. The molecule has 0 aliphatic carbocycles. The van der Waals surface area contributed by atoms with Crippen LogP contribution >= 0.6 is 22.9 Å². The molecule has 0 saturated heterocycles. The van der Waals surface area contributed by atoms with E-state index in [2.05, 4.69) is 12.1 Å². The Kier molecular flexibility index (Phi) is 6.28. The molecule has 1 aromatic heterocycles. The number of thiazole rings is 1. The number of ether oxygens (including phenoxy) is 2. The smallest absolute Gasteiger partial charge is 0.265 e. The van der Waals surface area contributed by atoms with Gasteiger partial charge in [-0.15, -0.1) is 11.3 Å². The molecule has 0 saturated carbocycles. The zero-order valence-corrected chi connectivity index (χ0v) is 19.3. The predicted molar refractivity (Wildman–Crippen MR) is 132 cm³/mol. The fourth-order valence-electron chi connectivity index (χ4n) is 3.67. The van der Waals surface area contributed by atoms with Gasteiger partial charge in [-0.05, 0) is 48.9 Å². The first kappa shape index (κ1) is 21.5. The highest BCUT2D eigenvalue weighted by molar-refractivity contribution is 7.13. The summed E-state index contributed by atoms with van der Waals surface area (Å²) in [5, 5.41) is 3.68. The lowest BCUT2D eigenvalue weighted by Crippen LogP contribution is -2.39. The number of aromatic nitrogens is 1. The molecule has 4 aromatic rings. The molecule has 5 nitrogen and oxygen atoms in total. The van der Waals surface area contributed by atoms with Crippen molar-refractivity contribution in [3.63, 3.8) is 0 Å². The van der Waals surface area contributed by atoms with Crippen molar-refractivity contribution in [3.8, 4) is 33.3 Å². The third-order valence-corrected chi connectivity index (χ3v) is 6.47. The number of halogens is 1. The van der Waals surface area contributed by atoms with Crippen LogP contribution in [0.15, 0.2) is 78.2 Å². The fraction of sp³-hybridized carbons (Fsp3) is 0.154. The molecule has 0 unspecified atom stereocenters. The van der Waals surface area contributed by atoms with Gasteiger partial charge in [0.05, 0.1) is 18.0 Å². The normalized spacial score (nSPS) is 12.9. The highest BCUT2D eigenvalue weighted by Gasteiger charge is 2.26. The molecular formula is C26H21ClN2O3S. The van der Waals surface area contributed by atoms with Crippen LogP contribution in [0, 0.1) is 0 Å². The average Bonchev–Trinajstić information content (AvgIpc) is 3.35. The fourth-order valence-corrected chi connectivity index (χ4v) is 4.63. The first-order valence-electron chi connectivity index (χ1n) is 10.6. The number of hydrogen-bond donors (Lipinski definition) is 0. The Morgan fingerprint density at radius 3 is 2.67 bits per heavy atom. The summed E-state index contributed by atoms with van der Waals surface area (Å²) >= 11 is 7.52. The van der Waals surface area contributed by atoms with Crippen molar-refractivity contribution in [3.05, 3.63) is 83.2 Å². The number of benzene rings is 3. The molecule has 0 bridgehead atoms. The summed E-state index contributed by atoms with van der Waals surface area (Å²) in [5.74, 6) is 1.40. The van der Waals surface area contributed by atoms with Gasteiger partial charge in [0.25, 0.3) is 5.91 Å². The minimum Gasteiger partial charge on any atom is -0.494 e. The topological polar surface area (TPSA) is 51.7 Å². The van der Waals surface area contributed by atoms with E-state index in [9.17, 15) is 4.79 Å². The summed E-state index contributed by atoms with van der Waals surface area (Å²) in [6.45, 7) is 1.08. The number of carbonyl (C=O) groups is 1. The Bertz CT molecular complexity index is 1260. The van der Waals surface area contributed by atoms with Gasteiger partial charge < -0.3 is 14.4 Å². The van der Waals surface area contributed by atoms with Gasteiger partial charge in [0.2, 0.25) is 0 Å². The summed E-state index contributed by atoms with van der Waals surface area (Å²) in [5.41, 5.74) is 3.69. The molecule has 1 aliphatic rings. The van der Waals surface area contributed by atoms with Crippen LogP contribution in [0.3, 0.4) is 0 Å². The SMILES string of the molecule is O=C1COc2ccc(-c3csc(-c4ccccc4)n3)cc2N1CCCOc1ccc(Cl)cc1. The number of rotatable bonds is 7. The summed E-state index contributed by atoms with van der Waals surface area (Å²) in [7, 11) is 0. The van der Waals surface area contributed by atoms with E-state index in [0.29, 0.717) is 30.3 Å². The molecule has 3 aromatic carbocycles.